The molecule has 0 bridgehead atoms. The third kappa shape index (κ3) is 2.90. The summed E-state index contributed by atoms with van der Waals surface area (Å²) < 4.78 is 1.88. The number of hydrogen-bond donors (Lipinski definition) is 2. The first-order valence-corrected chi connectivity index (χ1v) is 6.08. The molecule has 0 saturated carbocycles. The Hall–Kier alpha value is -2.37. The highest BCUT2D eigenvalue weighted by Gasteiger charge is 2.14. The van der Waals surface area contributed by atoms with E-state index in [0.717, 1.165) is 17.5 Å². The number of benzene rings is 1. The Morgan fingerprint density at radius 1 is 1.37 bits per heavy atom. The summed E-state index contributed by atoms with van der Waals surface area (Å²) in [4.78, 5) is 26.3. The zero-order valence-electron chi connectivity index (χ0n) is 10.6. The third-order valence-electron chi connectivity index (χ3n) is 2.66. The maximum absolute atomic E-state index is 11.5. The van der Waals surface area contributed by atoms with Crippen molar-refractivity contribution in [1.82, 2.24) is 9.55 Å². The smallest absolute Gasteiger partial charge is 0.312 e. The molecule has 0 aliphatic heterocycles. The van der Waals surface area contributed by atoms with E-state index in [2.05, 4.69) is 10.3 Å². The standard InChI is InChI=1S/C13H15N3O3/c1-2-7-16-10-6-4-3-5-9(10)14-13(16)15-11(17)8-12(18)19/h3-6H,2,7-8H2,1H3,(H,18,19)(H,14,15,17). The summed E-state index contributed by atoms with van der Waals surface area (Å²) in [5, 5.41) is 11.1. The van der Waals surface area contributed by atoms with E-state index in [4.69, 9.17) is 5.11 Å². The van der Waals surface area contributed by atoms with Gasteiger partial charge in [-0.1, -0.05) is 19.1 Å². The number of hydrogen-bond acceptors (Lipinski definition) is 3. The van der Waals surface area contributed by atoms with E-state index in [1.165, 1.54) is 0 Å². The molecule has 6 nitrogen and oxygen atoms in total. The van der Waals surface area contributed by atoms with E-state index in [0.29, 0.717) is 12.5 Å². The van der Waals surface area contributed by atoms with Crippen molar-refractivity contribution in [3.63, 3.8) is 0 Å². The first-order valence-electron chi connectivity index (χ1n) is 6.08. The molecule has 2 aromatic rings. The van der Waals surface area contributed by atoms with Gasteiger partial charge < -0.3 is 9.67 Å². The number of carbonyl (C=O) groups is 2. The molecule has 1 aromatic heterocycles. The lowest BCUT2D eigenvalue weighted by Gasteiger charge is -2.07. The monoisotopic (exact) mass is 261 g/mol. The fourth-order valence-corrected chi connectivity index (χ4v) is 1.93. The number of nitrogens with one attached hydrogen (secondary N) is 1. The number of aryl methyl sites for hydroxylation is 1. The highest BCUT2D eigenvalue weighted by Crippen LogP contribution is 2.20. The summed E-state index contributed by atoms with van der Waals surface area (Å²) in [5.41, 5.74) is 1.71. The SMILES string of the molecule is CCCn1c(NC(=O)CC(=O)O)nc2ccccc21. The van der Waals surface area contributed by atoms with Crippen molar-refractivity contribution in [1.29, 1.82) is 0 Å². The fraction of sp³-hybridized carbons (Fsp3) is 0.308. The zero-order chi connectivity index (χ0) is 13.8. The van der Waals surface area contributed by atoms with Crippen LogP contribution in [0.5, 0.6) is 0 Å². The minimum absolute atomic E-state index is 0.398. The Balaban J connectivity index is 2.33. The number of carboxylic acid groups (broad SMARTS) is 1. The van der Waals surface area contributed by atoms with E-state index < -0.39 is 18.3 Å². The minimum Gasteiger partial charge on any atom is -0.481 e. The van der Waals surface area contributed by atoms with E-state index in [1.54, 1.807) is 0 Å². The predicted molar refractivity (Wildman–Crippen MR) is 70.9 cm³/mol. The van der Waals surface area contributed by atoms with Crippen molar-refractivity contribution in [3.8, 4) is 0 Å². The Labute approximate surface area is 110 Å². The first-order chi connectivity index (χ1) is 9.11. The molecule has 6 heteroatoms. The number of fused-ring (bicyclic) bond motifs is 1. The maximum Gasteiger partial charge on any atom is 0.312 e. The van der Waals surface area contributed by atoms with Crippen LogP contribution in [0.4, 0.5) is 5.95 Å². The van der Waals surface area contributed by atoms with Crippen molar-refractivity contribution < 1.29 is 14.7 Å². The molecular formula is C13H15N3O3. The van der Waals surface area contributed by atoms with Crippen LogP contribution in [0, 0.1) is 0 Å². The van der Waals surface area contributed by atoms with Gasteiger partial charge >= 0.3 is 5.97 Å². The van der Waals surface area contributed by atoms with Gasteiger partial charge in [0, 0.05) is 6.54 Å². The topological polar surface area (TPSA) is 84.2 Å². The third-order valence-corrected chi connectivity index (χ3v) is 2.66. The lowest BCUT2D eigenvalue weighted by molar-refractivity contribution is -0.139. The minimum atomic E-state index is -1.16. The number of rotatable bonds is 5. The Kier molecular flexibility index (Phi) is 3.79. The summed E-state index contributed by atoms with van der Waals surface area (Å²) in [7, 11) is 0. The van der Waals surface area contributed by atoms with E-state index in [9.17, 15) is 9.59 Å². The van der Waals surface area contributed by atoms with Crippen molar-refractivity contribution in [2.24, 2.45) is 0 Å². The molecule has 1 heterocycles. The lowest BCUT2D eigenvalue weighted by Crippen LogP contribution is -2.18. The van der Waals surface area contributed by atoms with Gasteiger partial charge in [-0.2, -0.15) is 0 Å². The van der Waals surface area contributed by atoms with Crippen LogP contribution in [0.25, 0.3) is 11.0 Å². The number of amides is 1. The molecule has 19 heavy (non-hydrogen) atoms. The number of imidazole rings is 1. The van der Waals surface area contributed by atoms with E-state index in [-0.39, 0.29) is 0 Å². The van der Waals surface area contributed by atoms with Gasteiger partial charge in [0.1, 0.15) is 6.42 Å². The van der Waals surface area contributed by atoms with Crippen LogP contribution in [0.1, 0.15) is 19.8 Å². The lowest BCUT2D eigenvalue weighted by atomic mass is 10.3. The van der Waals surface area contributed by atoms with Gasteiger partial charge in [-0.15, -0.1) is 0 Å². The first kappa shape index (κ1) is 13.1. The van der Waals surface area contributed by atoms with Gasteiger partial charge in [0.2, 0.25) is 11.9 Å². The summed E-state index contributed by atoms with van der Waals surface area (Å²) in [5.74, 6) is -1.33. The second-order valence-corrected chi connectivity index (χ2v) is 4.19. The quantitative estimate of drug-likeness (QED) is 0.804. The second-order valence-electron chi connectivity index (χ2n) is 4.19. The Morgan fingerprint density at radius 3 is 2.79 bits per heavy atom. The number of para-hydroxylation sites is 2. The molecule has 0 aliphatic carbocycles. The molecule has 0 saturated heterocycles. The number of anilines is 1. The van der Waals surface area contributed by atoms with Gasteiger partial charge in [0.05, 0.1) is 11.0 Å². The summed E-state index contributed by atoms with van der Waals surface area (Å²) in [6.45, 7) is 2.74. The molecule has 1 amide bonds. The molecule has 0 radical (unpaired) electrons. The van der Waals surface area contributed by atoms with Crippen LogP contribution in [0.3, 0.4) is 0 Å². The molecular weight excluding hydrogens is 246 g/mol. The highest BCUT2D eigenvalue weighted by atomic mass is 16.4. The Morgan fingerprint density at radius 2 is 2.11 bits per heavy atom. The van der Waals surface area contributed by atoms with E-state index >= 15 is 0 Å². The summed E-state index contributed by atoms with van der Waals surface area (Å²) >= 11 is 0. The molecule has 1 aromatic carbocycles. The average molecular weight is 261 g/mol. The van der Waals surface area contributed by atoms with Crippen molar-refractivity contribution in [2.75, 3.05) is 5.32 Å². The predicted octanol–water partition coefficient (Wildman–Crippen LogP) is 1.86. The molecule has 0 unspecified atom stereocenters. The normalized spacial score (nSPS) is 10.6. The molecule has 0 atom stereocenters. The van der Waals surface area contributed by atoms with Crippen molar-refractivity contribution >= 4 is 28.9 Å². The van der Waals surface area contributed by atoms with Crippen LogP contribution in [0.15, 0.2) is 24.3 Å². The molecule has 0 aliphatic rings. The van der Waals surface area contributed by atoms with Crippen LogP contribution < -0.4 is 5.32 Å². The number of aromatic nitrogens is 2. The van der Waals surface area contributed by atoms with Crippen LogP contribution in [-0.4, -0.2) is 26.5 Å². The van der Waals surface area contributed by atoms with Gasteiger partial charge in [-0.3, -0.25) is 14.9 Å². The summed E-state index contributed by atoms with van der Waals surface area (Å²) in [6.07, 6.45) is 0.331. The van der Waals surface area contributed by atoms with Crippen molar-refractivity contribution in [2.45, 2.75) is 26.3 Å². The highest BCUT2D eigenvalue weighted by molar-refractivity contribution is 6.01. The largest absolute Gasteiger partial charge is 0.481 e. The molecule has 2 N–H and O–H groups in total. The van der Waals surface area contributed by atoms with Gasteiger partial charge in [0.25, 0.3) is 0 Å². The van der Waals surface area contributed by atoms with Gasteiger partial charge in [-0.05, 0) is 18.6 Å². The number of carbonyl (C=O) groups excluding carboxylic acids is 1. The number of aliphatic carboxylic acids is 1. The van der Waals surface area contributed by atoms with Crippen LogP contribution >= 0.6 is 0 Å². The van der Waals surface area contributed by atoms with Gasteiger partial charge in [-0.25, -0.2) is 4.98 Å². The van der Waals surface area contributed by atoms with Gasteiger partial charge in [0.15, 0.2) is 0 Å². The fourth-order valence-electron chi connectivity index (χ4n) is 1.93. The van der Waals surface area contributed by atoms with Crippen molar-refractivity contribution in [3.05, 3.63) is 24.3 Å². The number of carboxylic acids is 1. The van der Waals surface area contributed by atoms with Crippen LogP contribution in [-0.2, 0) is 16.1 Å². The average Bonchev–Trinajstić information content (AvgIpc) is 2.67. The molecule has 100 valence electrons. The van der Waals surface area contributed by atoms with E-state index in [1.807, 2.05) is 35.8 Å². The Bertz CT molecular complexity index is 619. The van der Waals surface area contributed by atoms with Crippen LogP contribution in [0.2, 0.25) is 0 Å². The molecule has 0 spiro atoms. The number of nitrogens with zero attached hydrogens (tertiary/aromatic N) is 2. The maximum atomic E-state index is 11.5. The molecule has 0 fully saturated rings. The molecule has 2 rings (SSSR count). The second kappa shape index (κ2) is 5.51. The summed E-state index contributed by atoms with van der Waals surface area (Å²) in [6, 6.07) is 7.55. The zero-order valence-corrected chi connectivity index (χ0v) is 10.6.